The van der Waals surface area contributed by atoms with Crippen LogP contribution in [0.25, 0.3) is 0 Å². The Morgan fingerprint density at radius 3 is 2.21 bits per heavy atom. The topological polar surface area (TPSA) is 61.6 Å². The quantitative estimate of drug-likeness (QED) is 0.756. The van der Waals surface area contributed by atoms with Crippen LogP contribution in [0.3, 0.4) is 0 Å². The molecule has 2 rings (SSSR count). The summed E-state index contributed by atoms with van der Waals surface area (Å²) in [4.78, 5) is 17.0. The molecule has 3 N–H and O–H groups in total. The molecule has 0 aliphatic carbocycles. The van der Waals surface area contributed by atoms with Crippen LogP contribution in [0, 0.1) is 0 Å². The summed E-state index contributed by atoms with van der Waals surface area (Å²) in [5.74, 6) is 0.0978. The predicted octanol–water partition coefficient (Wildman–Crippen LogP) is 1.44. The first-order chi connectivity index (χ1) is 11.6. The molecule has 1 aliphatic rings. The van der Waals surface area contributed by atoms with Crippen LogP contribution in [-0.4, -0.2) is 60.5 Å². The lowest BCUT2D eigenvalue weighted by Crippen LogP contribution is -2.56. The number of rotatable bonds is 8. The third kappa shape index (κ3) is 5.30. The van der Waals surface area contributed by atoms with Crippen LogP contribution in [0.2, 0.25) is 0 Å². The summed E-state index contributed by atoms with van der Waals surface area (Å²) in [6.45, 7) is 10.0. The highest BCUT2D eigenvalue weighted by Crippen LogP contribution is 2.13. The highest BCUT2D eigenvalue weighted by Gasteiger charge is 2.27. The molecule has 1 aliphatic heterocycles. The van der Waals surface area contributed by atoms with Crippen molar-refractivity contribution in [2.75, 3.05) is 39.3 Å². The van der Waals surface area contributed by atoms with Gasteiger partial charge in [0.2, 0.25) is 5.91 Å². The lowest BCUT2D eigenvalue weighted by Gasteiger charge is -2.36. The molecule has 0 bridgehead atoms. The summed E-state index contributed by atoms with van der Waals surface area (Å²) in [7, 11) is 0. The van der Waals surface area contributed by atoms with Crippen molar-refractivity contribution in [1.82, 2.24) is 15.1 Å². The van der Waals surface area contributed by atoms with E-state index in [9.17, 15) is 4.79 Å². The van der Waals surface area contributed by atoms with Crippen molar-refractivity contribution in [3.8, 4) is 0 Å². The van der Waals surface area contributed by atoms with Crippen molar-refractivity contribution in [3.05, 3.63) is 35.9 Å². The van der Waals surface area contributed by atoms with Crippen molar-refractivity contribution < 1.29 is 4.79 Å². The number of carbonyl (C=O) groups is 1. The monoisotopic (exact) mass is 332 g/mol. The predicted molar refractivity (Wildman–Crippen MR) is 98.7 cm³/mol. The Morgan fingerprint density at radius 1 is 1.08 bits per heavy atom. The summed E-state index contributed by atoms with van der Waals surface area (Å²) in [6, 6.07) is 10.6. The second kappa shape index (κ2) is 9.16. The molecule has 0 spiro atoms. The third-order valence-corrected chi connectivity index (χ3v) is 5.23. The molecule has 0 radical (unpaired) electrons. The lowest BCUT2D eigenvalue weighted by molar-refractivity contribution is -0.124. The van der Waals surface area contributed by atoms with Gasteiger partial charge in [-0.2, -0.15) is 0 Å². The van der Waals surface area contributed by atoms with E-state index in [0.717, 1.165) is 45.6 Å². The minimum Gasteiger partial charge on any atom is -0.348 e. The Bertz CT molecular complexity index is 485. The van der Waals surface area contributed by atoms with Gasteiger partial charge in [-0.05, 0) is 18.4 Å². The molecule has 0 atom stereocenters. The summed E-state index contributed by atoms with van der Waals surface area (Å²) in [6.07, 6.45) is 1.74. The maximum absolute atomic E-state index is 12.4. The Morgan fingerprint density at radius 2 is 1.67 bits per heavy atom. The third-order valence-electron chi connectivity index (χ3n) is 5.23. The average Bonchev–Trinajstić information content (AvgIpc) is 2.62. The molecule has 1 amide bonds. The van der Waals surface area contributed by atoms with E-state index in [1.165, 1.54) is 5.56 Å². The van der Waals surface area contributed by atoms with Crippen LogP contribution in [0.5, 0.6) is 0 Å². The summed E-state index contributed by atoms with van der Waals surface area (Å²) >= 11 is 0. The fourth-order valence-electron chi connectivity index (χ4n) is 3.25. The Kier molecular flexibility index (Phi) is 7.21. The van der Waals surface area contributed by atoms with Gasteiger partial charge in [0.05, 0.1) is 12.1 Å². The number of nitrogens with zero attached hydrogens (tertiary/aromatic N) is 2. The van der Waals surface area contributed by atoms with Crippen LogP contribution in [0.4, 0.5) is 0 Å². The Labute approximate surface area is 146 Å². The molecular weight excluding hydrogens is 300 g/mol. The largest absolute Gasteiger partial charge is 0.348 e. The van der Waals surface area contributed by atoms with Gasteiger partial charge in [0, 0.05) is 39.3 Å². The smallest absolute Gasteiger partial charge is 0.234 e. The highest BCUT2D eigenvalue weighted by molar-refractivity contribution is 5.79. The standard InChI is InChI=1S/C19H32N4O/c1-3-19(4-2,16-20)21-18(24)15-23-12-10-22(11-13-23)14-17-8-6-5-7-9-17/h5-9H,3-4,10-16,20H2,1-2H3,(H,21,24). The first-order valence-electron chi connectivity index (χ1n) is 9.10. The Balaban J connectivity index is 1.75. The van der Waals surface area contributed by atoms with Crippen LogP contribution < -0.4 is 11.1 Å². The number of hydrogen-bond donors (Lipinski definition) is 2. The maximum atomic E-state index is 12.4. The van der Waals surface area contributed by atoms with E-state index in [2.05, 4.69) is 53.2 Å². The average molecular weight is 332 g/mol. The number of benzene rings is 1. The molecule has 1 aromatic carbocycles. The number of piperazine rings is 1. The molecule has 0 unspecified atom stereocenters. The zero-order valence-corrected chi connectivity index (χ0v) is 15.1. The number of amides is 1. The number of hydrogen-bond acceptors (Lipinski definition) is 4. The molecular formula is C19H32N4O. The van der Waals surface area contributed by atoms with Crippen molar-refractivity contribution in [3.63, 3.8) is 0 Å². The normalized spacial score (nSPS) is 17.0. The minimum absolute atomic E-state index is 0.0978. The number of carbonyl (C=O) groups excluding carboxylic acids is 1. The maximum Gasteiger partial charge on any atom is 0.234 e. The summed E-state index contributed by atoms with van der Waals surface area (Å²) in [5, 5.41) is 3.16. The number of nitrogens with two attached hydrogens (primary N) is 1. The van der Waals surface area contributed by atoms with Gasteiger partial charge in [0.1, 0.15) is 0 Å². The molecule has 5 nitrogen and oxygen atoms in total. The van der Waals surface area contributed by atoms with E-state index in [4.69, 9.17) is 5.73 Å². The van der Waals surface area contributed by atoms with E-state index >= 15 is 0 Å². The zero-order valence-electron chi connectivity index (χ0n) is 15.1. The van der Waals surface area contributed by atoms with Crippen LogP contribution in [0.15, 0.2) is 30.3 Å². The fraction of sp³-hybridized carbons (Fsp3) is 0.632. The van der Waals surface area contributed by atoms with Crippen LogP contribution in [0.1, 0.15) is 32.3 Å². The molecule has 1 heterocycles. The molecule has 1 aromatic rings. The van der Waals surface area contributed by atoms with E-state index < -0.39 is 0 Å². The Hall–Kier alpha value is -1.43. The second-order valence-electron chi connectivity index (χ2n) is 6.78. The van der Waals surface area contributed by atoms with E-state index in [1.807, 2.05) is 6.07 Å². The van der Waals surface area contributed by atoms with E-state index in [0.29, 0.717) is 13.1 Å². The molecule has 0 aromatic heterocycles. The van der Waals surface area contributed by atoms with Gasteiger partial charge in [-0.25, -0.2) is 0 Å². The van der Waals surface area contributed by atoms with Gasteiger partial charge in [-0.1, -0.05) is 44.2 Å². The van der Waals surface area contributed by atoms with Crippen molar-refractivity contribution in [1.29, 1.82) is 0 Å². The van der Waals surface area contributed by atoms with Crippen LogP contribution in [-0.2, 0) is 11.3 Å². The van der Waals surface area contributed by atoms with Crippen molar-refractivity contribution >= 4 is 5.91 Å². The van der Waals surface area contributed by atoms with Crippen molar-refractivity contribution in [2.24, 2.45) is 5.73 Å². The summed E-state index contributed by atoms with van der Waals surface area (Å²) < 4.78 is 0. The van der Waals surface area contributed by atoms with Gasteiger partial charge in [-0.15, -0.1) is 0 Å². The highest BCUT2D eigenvalue weighted by atomic mass is 16.2. The SMILES string of the molecule is CCC(CC)(CN)NC(=O)CN1CCN(Cc2ccccc2)CC1. The van der Waals surface area contributed by atoms with Crippen molar-refractivity contribution in [2.45, 2.75) is 38.8 Å². The fourth-order valence-corrected chi connectivity index (χ4v) is 3.25. The van der Waals surface area contributed by atoms with Gasteiger partial charge < -0.3 is 11.1 Å². The van der Waals surface area contributed by atoms with Gasteiger partial charge in [0.25, 0.3) is 0 Å². The number of nitrogens with one attached hydrogen (secondary N) is 1. The first kappa shape index (κ1) is 18.9. The second-order valence-corrected chi connectivity index (χ2v) is 6.78. The van der Waals surface area contributed by atoms with E-state index in [1.54, 1.807) is 0 Å². The minimum atomic E-state index is -0.244. The van der Waals surface area contributed by atoms with Gasteiger partial charge in [-0.3, -0.25) is 14.6 Å². The van der Waals surface area contributed by atoms with E-state index in [-0.39, 0.29) is 11.4 Å². The van der Waals surface area contributed by atoms with Gasteiger partial charge in [0.15, 0.2) is 0 Å². The first-order valence-corrected chi connectivity index (χ1v) is 9.10. The zero-order chi connectivity index (χ0) is 17.4. The molecule has 24 heavy (non-hydrogen) atoms. The summed E-state index contributed by atoms with van der Waals surface area (Å²) in [5.41, 5.74) is 6.97. The molecule has 0 saturated carbocycles. The molecule has 1 saturated heterocycles. The van der Waals surface area contributed by atoms with Gasteiger partial charge >= 0.3 is 0 Å². The van der Waals surface area contributed by atoms with Crippen LogP contribution >= 0.6 is 0 Å². The molecule has 1 fully saturated rings. The lowest BCUT2D eigenvalue weighted by atomic mass is 9.93. The molecule has 134 valence electrons. The molecule has 5 heteroatoms.